The Labute approximate surface area is 123 Å². The molecule has 0 radical (unpaired) electrons. The number of Topliss-reactive ketones (excluding diaryl/α,β-unsaturated/α-hetero) is 1. The van der Waals surface area contributed by atoms with Crippen LogP contribution in [0.15, 0.2) is 0 Å². The summed E-state index contributed by atoms with van der Waals surface area (Å²) in [5, 5.41) is 0. The van der Waals surface area contributed by atoms with Crippen molar-refractivity contribution in [3.63, 3.8) is 0 Å². The number of hydrogen-bond donors (Lipinski definition) is 0. The zero-order chi connectivity index (χ0) is 14.3. The molecule has 3 aliphatic rings. The zero-order valence-electron chi connectivity index (χ0n) is 13.3. The van der Waals surface area contributed by atoms with Gasteiger partial charge in [0.15, 0.2) is 5.78 Å². The summed E-state index contributed by atoms with van der Waals surface area (Å²) in [6.07, 6.45) is 12.7. The van der Waals surface area contributed by atoms with Gasteiger partial charge in [-0.3, -0.25) is 4.79 Å². The minimum absolute atomic E-state index is 0.0486. The average molecular weight is 278 g/mol. The van der Waals surface area contributed by atoms with Gasteiger partial charge in [-0.25, -0.2) is 0 Å². The highest BCUT2D eigenvalue weighted by Gasteiger charge is 2.84. The summed E-state index contributed by atoms with van der Waals surface area (Å²) < 4.78 is 5.55. The fraction of sp³-hybridized carbons (Fsp3) is 0.944. The third kappa shape index (κ3) is 1.76. The number of ether oxygens (including phenoxy) is 1. The Morgan fingerprint density at radius 3 is 2.50 bits per heavy atom. The normalized spacial score (nSPS) is 40.9. The molecule has 0 N–H and O–H groups in total. The van der Waals surface area contributed by atoms with Crippen LogP contribution in [-0.2, 0) is 9.53 Å². The molecule has 3 atom stereocenters. The zero-order valence-corrected chi connectivity index (χ0v) is 13.3. The van der Waals surface area contributed by atoms with Crippen LogP contribution in [0.25, 0.3) is 0 Å². The standard InChI is InChI=1S/C18H30O2/c1-3-5-6-7-16-8-9-17(10-11-18(16,17)14-16)15(19)13-20-12-4-2/h3-14H2,1-2H3. The van der Waals surface area contributed by atoms with E-state index in [2.05, 4.69) is 13.8 Å². The minimum Gasteiger partial charge on any atom is -0.374 e. The molecule has 114 valence electrons. The average Bonchev–Trinajstić information content (AvgIpc) is 3.06. The minimum atomic E-state index is 0.0486. The predicted octanol–water partition coefficient (Wildman–Crippen LogP) is 4.51. The van der Waals surface area contributed by atoms with Crippen molar-refractivity contribution in [3.05, 3.63) is 0 Å². The Bertz CT molecular complexity index is 387. The van der Waals surface area contributed by atoms with Crippen molar-refractivity contribution in [2.75, 3.05) is 13.2 Å². The highest BCUT2D eigenvalue weighted by Crippen LogP contribution is 2.89. The van der Waals surface area contributed by atoms with Gasteiger partial charge in [-0.05, 0) is 55.8 Å². The van der Waals surface area contributed by atoms with Crippen LogP contribution in [0.1, 0.15) is 78.1 Å². The number of unbranched alkanes of at least 4 members (excludes halogenated alkanes) is 2. The monoisotopic (exact) mass is 278 g/mol. The van der Waals surface area contributed by atoms with Gasteiger partial charge < -0.3 is 4.74 Å². The first-order chi connectivity index (χ1) is 9.66. The summed E-state index contributed by atoms with van der Waals surface area (Å²) in [5.41, 5.74) is 1.05. The molecule has 0 saturated heterocycles. The SMILES string of the molecule is CCCCCC12CCC3(C(=O)COCCC)CCC13C2. The largest absolute Gasteiger partial charge is 0.374 e. The molecular formula is C18H30O2. The Balaban J connectivity index is 1.61. The molecule has 0 aromatic rings. The van der Waals surface area contributed by atoms with Gasteiger partial charge in [-0.2, -0.15) is 0 Å². The molecule has 2 nitrogen and oxygen atoms in total. The van der Waals surface area contributed by atoms with Crippen LogP contribution in [0, 0.1) is 16.2 Å². The van der Waals surface area contributed by atoms with Gasteiger partial charge in [0.1, 0.15) is 6.61 Å². The molecule has 3 unspecified atom stereocenters. The summed E-state index contributed by atoms with van der Waals surface area (Å²) in [6, 6.07) is 0. The van der Waals surface area contributed by atoms with Crippen molar-refractivity contribution in [2.45, 2.75) is 78.1 Å². The van der Waals surface area contributed by atoms with Crippen LogP contribution in [0.2, 0.25) is 0 Å². The summed E-state index contributed by atoms with van der Waals surface area (Å²) >= 11 is 0. The van der Waals surface area contributed by atoms with Gasteiger partial charge in [0, 0.05) is 12.0 Å². The molecule has 0 amide bonds. The van der Waals surface area contributed by atoms with Gasteiger partial charge in [-0.15, -0.1) is 0 Å². The molecule has 0 aliphatic heterocycles. The summed E-state index contributed by atoms with van der Waals surface area (Å²) in [7, 11) is 0. The highest BCUT2D eigenvalue weighted by molar-refractivity contribution is 5.89. The van der Waals surface area contributed by atoms with E-state index in [1.807, 2.05) is 0 Å². The van der Waals surface area contributed by atoms with Gasteiger partial charge in [0.05, 0.1) is 0 Å². The fourth-order valence-electron chi connectivity index (χ4n) is 5.60. The Morgan fingerprint density at radius 2 is 1.85 bits per heavy atom. The first kappa shape index (κ1) is 14.6. The Kier molecular flexibility index (Phi) is 3.73. The number of hydrogen-bond acceptors (Lipinski definition) is 2. The molecule has 0 bridgehead atoms. The number of carbonyl (C=O) groups excluding carboxylic acids is 1. The Hall–Kier alpha value is -0.370. The first-order valence-electron chi connectivity index (χ1n) is 8.77. The van der Waals surface area contributed by atoms with E-state index in [-0.39, 0.29) is 5.41 Å². The molecular weight excluding hydrogens is 248 g/mol. The molecule has 0 aromatic heterocycles. The fourth-order valence-corrected chi connectivity index (χ4v) is 5.60. The van der Waals surface area contributed by atoms with Crippen LogP contribution >= 0.6 is 0 Å². The van der Waals surface area contributed by atoms with Gasteiger partial charge in [-0.1, -0.05) is 33.1 Å². The van der Waals surface area contributed by atoms with Crippen LogP contribution in [0.5, 0.6) is 0 Å². The van der Waals surface area contributed by atoms with Crippen molar-refractivity contribution in [1.82, 2.24) is 0 Å². The molecule has 2 heteroatoms. The molecule has 3 saturated carbocycles. The third-order valence-corrected chi connectivity index (χ3v) is 6.83. The number of rotatable bonds is 9. The van der Waals surface area contributed by atoms with E-state index in [0.717, 1.165) is 25.9 Å². The van der Waals surface area contributed by atoms with Gasteiger partial charge in [0.2, 0.25) is 0 Å². The maximum Gasteiger partial charge on any atom is 0.165 e. The van der Waals surface area contributed by atoms with Crippen molar-refractivity contribution in [2.24, 2.45) is 16.2 Å². The van der Waals surface area contributed by atoms with Crippen molar-refractivity contribution >= 4 is 5.78 Å². The maximum atomic E-state index is 12.7. The second kappa shape index (κ2) is 5.12. The molecule has 0 aromatic carbocycles. The second-order valence-electron chi connectivity index (χ2n) is 7.55. The van der Waals surface area contributed by atoms with E-state index >= 15 is 0 Å². The van der Waals surface area contributed by atoms with E-state index in [9.17, 15) is 4.79 Å². The van der Waals surface area contributed by atoms with Crippen molar-refractivity contribution in [3.8, 4) is 0 Å². The summed E-state index contributed by atoms with van der Waals surface area (Å²) in [4.78, 5) is 12.7. The highest BCUT2D eigenvalue weighted by atomic mass is 16.5. The van der Waals surface area contributed by atoms with E-state index in [4.69, 9.17) is 4.74 Å². The Morgan fingerprint density at radius 1 is 1.05 bits per heavy atom. The van der Waals surface area contributed by atoms with Gasteiger partial charge in [0.25, 0.3) is 0 Å². The van der Waals surface area contributed by atoms with Crippen LogP contribution in [0.4, 0.5) is 0 Å². The van der Waals surface area contributed by atoms with Crippen molar-refractivity contribution < 1.29 is 9.53 Å². The molecule has 1 spiro atoms. The molecule has 20 heavy (non-hydrogen) atoms. The van der Waals surface area contributed by atoms with Crippen LogP contribution in [-0.4, -0.2) is 19.0 Å². The maximum absolute atomic E-state index is 12.7. The predicted molar refractivity (Wildman–Crippen MR) is 80.6 cm³/mol. The molecule has 0 heterocycles. The topological polar surface area (TPSA) is 26.3 Å². The number of ketones is 1. The van der Waals surface area contributed by atoms with E-state index in [1.165, 1.54) is 44.9 Å². The molecule has 3 fully saturated rings. The second-order valence-corrected chi connectivity index (χ2v) is 7.55. The lowest BCUT2D eigenvalue weighted by molar-refractivity contribution is -0.146. The van der Waals surface area contributed by atoms with Gasteiger partial charge >= 0.3 is 0 Å². The van der Waals surface area contributed by atoms with E-state index < -0.39 is 0 Å². The summed E-state index contributed by atoms with van der Waals surface area (Å²) in [6.45, 7) is 5.48. The molecule has 3 aliphatic carbocycles. The van der Waals surface area contributed by atoms with Crippen LogP contribution in [0.3, 0.4) is 0 Å². The third-order valence-electron chi connectivity index (χ3n) is 6.83. The van der Waals surface area contributed by atoms with Crippen LogP contribution < -0.4 is 0 Å². The quantitative estimate of drug-likeness (QED) is 0.580. The smallest absolute Gasteiger partial charge is 0.165 e. The first-order valence-corrected chi connectivity index (χ1v) is 8.77. The lowest BCUT2D eigenvalue weighted by Gasteiger charge is -2.48. The van der Waals surface area contributed by atoms with E-state index in [0.29, 0.717) is 23.2 Å². The lowest BCUT2D eigenvalue weighted by Crippen LogP contribution is -2.49. The van der Waals surface area contributed by atoms with Crippen molar-refractivity contribution in [1.29, 1.82) is 0 Å². The lowest BCUT2D eigenvalue weighted by atomic mass is 9.55. The number of carbonyl (C=O) groups is 1. The van der Waals surface area contributed by atoms with E-state index in [1.54, 1.807) is 0 Å². The molecule has 3 rings (SSSR count). The summed E-state index contributed by atoms with van der Waals surface area (Å²) in [5.74, 6) is 0.437.